The lowest BCUT2D eigenvalue weighted by Gasteiger charge is -2.19. The zero-order valence-corrected chi connectivity index (χ0v) is 31.8. The van der Waals surface area contributed by atoms with Crippen LogP contribution in [-0.4, -0.2) is 0 Å². The molecule has 0 aliphatic carbocycles. The molecule has 0 heteroatoms. The van der Waals surface area contributed by atoms with E-state index < -0.39 is 0 Å². The van der Waals surface area contributed by atoms with Crippen LogP contribution in [0.4, 0.5) is 0 Å². The summed E-state index contributed by atoms with van der Waals surface area (Å²) < 4.78 is 0. The molecule has 12 aromatic rings. The minimum atomic E-state index is 1.22. The van der Waals surface area contributed by atoms with Crippen LogP contribution in [0.1, 0.15) is 0 Å². The summed E-state index contributed by atoms with van der Waals surface area (Å²) in [6, 6.07) is 80.9. The molecule has 0 spiro atoms. The van der Waals surface area contributed by atoms with Gasteiger partial charge in [-0.2, -0.15) is 0 Å². The Bertz CT molecular complexity index is 3350. The highest BCUT2D eigenvalue weighted by Crippen LogP contribution is 2.48. The van der Waals surface area contributed by atoms with Gasteiger partial charge in [0.2, 0.25) is 0 Å². The molecule has 0 atom stereocenters. The van der Waals surface area contributed by atoms with E-state index in [0.29, 0.717) is 0 Å². The molecule has 12 rings (SSSR count). The number of hydrogen-bond acceptors (Lipinski definition) is 0. The fraction of sp³-hybridized carbons (Fsp3) is 0. The van der Waals surface area contributed by atoms with E-state index in [-0.39, 0.29) is 0 Å². The van der Waals surface area contributed by atoms with E-state index in [1.54, 1.807) is 0 Å². The molecule has 0 amide bonds. The van der Waals surface area contributed by atoms with Gasteiger partial charge in [0.1, 0.15) is 0 Å². The number of benzene rings is 12. The summed E-state index contributed by atoms with van der Waals surface area (Å²) in [5, 5.41) is 17.9. The molecule has 0 aliphatic heterocycles. The fourth-order valence-electron chi connectivity index (χ4n) is 9.86. The summed E-state index contributed by atoms with van der Waals surface area (Å²) in [4.78, 5) is 0. The molecule has 0 saturated heterocycles. The first-order chi connectivity index (χ1) is 28.8. The van der Waals surface area contributed by atoms with Crippen LogP contribution in [0.5, 0.6) is 0 Å². The maximum absolute atomic E-state index is 2.46. The lowest BCUT2D eigenvalue weighted by molar-refractivity contribution is 1.62. The lowest BCUT2D eigenvalue weighted by atomic mass is 9.83. The minimum Gasteiger partial charge on any atom is -0.0622 e. The Morgan fingerprint density at radius 1 is 0.190 bits per heavy atom. The van der Waals surface area contributed by atoms with Gasteiger partial charge < -0.3 is 0 Å². The summed E-state index contributed by atoms with van der Waals surface area (Å²) in [5.41, 5.74) is 9.95. The van der Waals surface area contributed by atoms with Crippen molar-refractivity contribution in [2.45, 2.75) is 0 Å². The van der Waals surface area contributed by atoms with Crippen LogP contribution in [0, 0.1) is 0 Å². The molecule has 0 aromatic heterocycles. The van der Waals surface area contributed by atoms with Gasteiger partial charge in [0.25, 0.3) is 0 Å². The predicted octanol–water partition coefficient (Wildman–Crippen LogP) is 16.4. The smallest absolute Gasteiger partial charge is 0.00139 e. The molecule has 0 fully saturated rings. The summed E-state index contributed by atoms with van der Waals surface area (Å²) in [5.74, 6) is 0. The number of hydrogen-bond donors (Lipinski definition) is 0. The van der Waals surface area contributed by atoms with Gasteiger partial charge in [-0.15, -0.1) is 0 Å². The van der Waals surface area contributed by atoms with E-state index in [1.807, 2.05) is 0 Å². The van der Waals surface area contributed by atoms with Crippen LogP contribution in [0.2, 0.25) is 0 Å². The first kappa shape index (κ1) is 32.7. The van der Waals surface area contributed by atoms with Gasteiger partial charge in [-0.05, 0) is 132 Å². The van der Waals surface area contributed by atoms with Crippen molar-refractivity contribution in [2.75, 3.05) is 0 Å². The third-order valence-corrected chi connectivity index (χ3v) is 12.4. The second kappa shape index (κ2) is 13.0. The lowest BCUT2D eigenvalue weighted by Crippen LogP contribution is -1.92. The topological polar surface area (TPSA) is 0 Å². The minimum absolute atomic E-state index is 1.22. The van der Waals surface area contributed by atoms with Crippen LogP contribution in [0.25, 0.3) is 120 Å². The predicted molar refractivity (Wildman–Crippen MR) is 251 cm³/mol. The highest BCUT2D eigenvalue weighted by atomic mass is 14.2. The summed E-state index contributed by atoms with van der Waals surface area (Å²) in [6.45, 7) is 0. The van der Waals surface area contributed by atoms with Crippen molar-refractivity contribution in [2.24, 2.45) is 0 Å². The van der Waals surface area contributed by atoms with Gasteiger partial charge in [0.15, 0.2) is 0 Å². The Morgan fingerprint density at radius 3 is 0.966 bits per heavy atom. The molecule has 12 aromatic carbocycles. The molecular weight excluding hydrogens is 697 g/mol. The molecule has 0 aliphatic rings. The van der Waals surface area contributed by atoms with E-state index in [1.165, 1.54) is 120 Å². The number of fused-ring (bicyclic) bond motifs is 13. The van der Waals surface area contributed by atoms with E-state index in [2.05, 4.69) is 218 Å². The van der Waals surface area contributed by atoms with Gasteiger partial charge in [0, 0.05) is 0 Å². The SMILES string of the molecule is c1ccc(-c2ccc3ccccc3c2-c2ccc3c(c2)c2ccccc2c2c4ccc(-c5c(-c6ccccc6)ccc6ccccc56)cc4c4ccccc4c32)cc1. The van der Waals surface area contributed by atoms with E-state index in [9.17, 15) is 0 Å². The first-order valence-electron chi connectivity index (χ1n) is 20.2. The normalized spacial score (nSPS) is 11.8. The molecular formula is C58H36. The van der Waals surface area contributed by atoms with E-state index in [0.717, 1.165) is 0 Å². The van der Waals surface area contributed by atoms with Crippen LogP contribution >= 0.6 is 0 Å². The second-order valence-corrected chi connectivity index (χ2v) is 15.5. The summed E-state index contributed by atoms with van der Waals surface area (Å²) in [7, 11) is 0. The first-order valence-corrected chi connectivity index (χ1v) is 20.2. The van der Waals surface area contributed by atoms with Gasteiger partial charge >= 0.3 is 0 Å². The van der Waals surface area contributed by atoms with Crippen molar-refractivity contribution in [1.29, 1.82) is 0 Å². The van der Waals surface area contributed by atoms with Crippen LogP contribution in [-0.2, 0) is 0 Å². The molecule has 0 heterocycles. The molecule has 268 valence electrons. The van der Waals surface area contributed by atoms with Crippen molar-refractivity contribution in [1.82, 2.24) is 0 Å². The average molecular weight is 733 g/mol. The highest BCUT2D eigenvalue weighted by molar-refractivity contribution is 6.40. The molecule has 0 nitrogen and oxygen atoms in total. The Kier molecular flexibility index (Phi) is 7.33. The highest BCUT2D eigenvalue weighted by Gasteiger charge is 2.20. The maximum Gasteiger partial charge on any atom is -0.00139 e. The average Bonchev–Trinajstić information content (AvgIpc) is 3.31. The van der Waals surface area contributed by atoms with Crippen molar-refractivity contribution >= 4 is 75.4 Å². The van der Waals surface area contributed by atoms with Crippen LogP contribution in [0.3, 0.4) is 0 Å². The molecule has 0 bridgehead atoms. The fourth-order valence-corrected chi connectivity index (χ4v) is 9.86. The van der Waals surface area contributed by atoms with Gasteiger partial charge in [-0.25, -0.2) is 0 Å². The molecule has 0 unspecified atom stereocenters. The van der Waals surface area contributed by atoms with Gasteiger partial charge in [0.05, 0.1) is 0 Å². The van der Waals surface area contributed by atoms with Crippen molar-refractivity contribution in [3.8, 4) is 44.5 Å². The second-order valence-electron chi connectivity index (χ2n) is 15.5. The van der Waals surface area contributed by atoms with E-state index >= 15 is 0 Å². The third-order valence-electron chi connectivity index (χ3n) is 12.4. The molecule has 58 heavy (non-hydrogen) atoms. The van der Waals surface area contributed by atoms with Crippen LogP contribution in [0.15, 0.2) is 218 Å². The zero-order chi connectivity index (χ0) is 38.2. The quantitative estimate of drug-likeness (QED) is 0.158. The standard InChI is InChI=1S/C58H36/c1-3-15-37(16-4-1)45-31-27-39-19-7-9-21-43(39)55(45)41-29-33-51-53(35-41)47-23-11-13-25-49(47)58-52-34-30-42(36-54(52)48-24-12-14-26-50(48)57(51)58)56-44-22-10-8-20-40(44)28-32-46(56)38-17-5-2-6-18-38/h1-36H. The van der Waals surface area contributed by atoms with Gasteiger partial charge in [-0.3, -0.25) is 0 Å². The maximum atomic E-state index is 2.46. The molecule has 0 saturated carbocycles. The summed E-state index contributed by atoms with van der Waals surface area (Å²) >= 11 is 0. The Balaban J connectivity index is 1.17. The molecule has 0 N–H and O–H groups in total. The van der Waals surface area contributed by atoms with Gasteiger partial charge in [-0.1, -0.05) is 206 Å². The Hall–Kier alpha value is -7.54. The van der Waals surface area contributed by atoms with Crippen molar-refractivity contribution in [3.63, 3.8) is 0 Å². The Labute approximate surface area is 336 Å². The van der Waals surface area contributed by atoms with Crippen molar-refractivity contribution in [3.05, 3.63) is 218 Å². The monoisotopic (exact) mass is 732 g/mol. The molecule has 0 radical (unpaired) electrons. The zero-order valence-electron chi connectivity index (χ0n) is 31.8. The number of rotatable bonds is 4. The summed E-state index contributed by atoms with van der Waals surface area (Å²) in [6.07, 6.45) is 0. The Morgan fingerprint density at radius 2 is 0.534 bits per heavy atom. The van der Waals surface area contributed by atoms with E-state index in [4.69, 9.17) is 0 Å². The van der Waals surface area contributed by atoms with Crippen molar-refractivity contribution < 1.29 is 0 Å². The largest absolute Gasteiger partial charge is 0.0622 e. The third kappa shape index (κ3) is 4.95. The van der Waals surface area contributed by atoms with Crippen LogP contribution < -0.4 is 0 Å².